The number of hydrogen-bond acceptors (Lipinski definition) is 0. The van der Waals surface area contributed by atoms with Gasteiger partial charge in [0.25, 0.3) is 0 Å². The van der Waals surface area contributed by atoms with E-state index in [0.29, 0.717) is 0 Å². The molecule has 0 saturated heterocycles. The van der Waals surface area contributed by atoms with E-state index in [1.165, 1.54) is 5.30 Å². The van der Waals surface area contributed by atoms with Gasteiger partial charge in [0.05, 0.1) is 0 Å². The van der Waals surface area contributed by atoms with Crippen LogP contribution in [0.25, 0.3) is 0 Å². The lowest BCUT2D eigenvalue weighted by molar-refractivity contribution is 1.78. The molecule has 0 saturated carbocycles. The van der Waals surface area contributed by atoms with Crippen molar-refractivity contribution in [2.75, 3.05) is 0 Å². The first kappa shape index (κ1) is 6.89. The van der Waals surface area contributed by atoms with Crippen LogP contribution >= 0.6 is 7.68 Å². The summed E-state index contributed by atoms with van der Waals surface area (Å²) in [5, 5.41) is 1.48. The third-order valence-corrected chi connectivity index (χ3v) is 2.60. The molecular weight excluding hydrogens is 125 g/mol. The molecule has 44 valence electrons. The van der Waals surface area contributed by atoms with Gasteiger partial charge in [-0.05, 0) is 5.30 Å². The Balaban J connectivity index is 2.85. The van der Waals surface area contributed by atoms with Gasteiger partial charge in [-0.2, -0.15) is 7.68 Å². The van der Waals surface area contributed by atoms with Gasteiger partial charge in [0.1, 0.15) is 15.1 Å². The molecule has 1 aromatic carbocycles. The molecule has 0 N–H and O–H groups in total. The molecule has 0 spiro atoms. The average Bonchev–Trinajstić information content (AvgIpc) is 1.90. The maximum absolute atomic E-state index is 2.27. The molecule has 3 heteroatoms. The van der Waals surface area contributed by atoms with Gasteiger partial charge >= 0.3 is 0 Å². The van der Waals surface area contributed by atoms with Crippen molar-refractivity contribution >= 4 is 28.1 Å². The second-order valence-electron chi connectivity index (χ2n) is 2.23. The average molecular weight is 134 g/mol. The second-order valence-corrected chi connectivity index (χ2v) is 4.54. The van der Waals surface area contributed by atoms with Gasteiger partial charge in [0.15, 0.2) is 0 Å². The van der Waals surface area contributed by atoms with Crippen LogP contribution in [0, 0.1) is 0 Å². The third-order valence-electron chi connectivity index (χ3n) is 1.27. The number of rotatable bonds is 1. The largest absolute Gasteiger partial charge is 0.157 e. The molecular formula is C6H9B2P. The van der Waals surface area contributed by atoms with Gasteiger partial charge < -0.3 is 0 Å². The summed E-state index contributed by atoms with van der Waals surface area (Å²) in [6, 6.07) is 10.6. The standard InChI is InChI=1S/C6H9B2P/c7-9(8)6-4-2-1-3-5-6/h1-5H,7-8H2. The molecule has 0 aliphatic heterocycles. The van der Waals surface area contributed by atoms with Gasteiger partial charge in [0, 0.05) is 0 Å². The molecule has 1 rings (SSSR count). The van der Waals surface area contributed by atoms with Crippen LogP contribution < -0.4 is 5.30 Å². The summed E-state index contributed by atoms with van der Waals surface area (Å²) in [5.41, 5.74) is 0. The van der Waals surface area contributed by atoms with Crippen LogP contribution in [0.15, 0.2) is 30.3 Å². The van der Waals surface area contributed by atoms with Crippen molar-refractivity contribution in [2.45, 2.75) is 0 Å². The molecule has 0 atom stereocenters. The lowest BCUT2D eigenvalue weighted by Gasteiger charge is -2.02. The van der Waals surface area contributed by atoms with Crippen LogP contribution in [0.3, 0.4) is 0 Å². The summed E-state index contributed by atoms with van der Waals surface area (Å²) in [5.74, 6) is 0. The zero-order chi connectivity index (χ0) is 6.69. The molecule has 0 nitrogen and oxygen atoms in total. The van der Waals surface area contributed by atoms with Crippen molar-refractivity contribution in [3.63, 3.8) is 0 Å². The molecule has 0 unspecified atom stereocenters. The maximum Gasteiger partial charge on any atom is 0.128 e. The van der Waals surface area contributed by atoms with E-state index in [1.54, 1.807) is 0 Å². The van der Waals surface area contributed by atoms with Crippen molar-refractivity contribution in [1.82, 2.24) is 0 Å². The summed E-state index contributed by atoms with van der Waals surface area (Å²) >= 11 is 0. The summed E-state index contributed by atoms with van der Waals surface area (Å²) in [7, 11) is 4.64. The minimum absolute atomic E-state index is 0.104. The lowest BCUT2D eigenvalue weighted by atomic mass is 10.4. The molecule has 9 heavy (non-hydrogen) atoms. The van der Waals surface area contributed by atoms with Crippen LogP contribution in [-0.2, 0) is 0 Å². The molecule has 0 fully saturated rings. The Hall–Kier alpha value is -0.220. The second kappa shape index (κ2) is 3.08. The van der Waals surface area contributed by atoms with Crippen molar-refractivity contribution < 1.29 is 0 Å². The fourth-order valence-corrected chi connectivity index (χ4v) is 1.49. The van der Waals surface area contributed by atoms with E-state index in [4.69, 9.17) is 0 Å². The minimum atomic E-state index is 0.104. The highest BCUT2D eigenvalue weighted by molar-refractivity contribution is 8.06. The first-order chi connectivity index (χ1) is 4.30. The van der Waals surface area contributed by atoms with Crippen molar-refractivity contribution in [3.05, 3.63) is 30.3 Å². The van der Waals surface area contributed by atoms with Gasteiger partial charge in [0.2, 0.25) is 0 Å². The predicted molar refractivity (Wildman–Crippen MR) is 50.1 cm³/mol. The first-order valence-electron chi connectivity index (χ1n) is 3.03. The molecule has 0 aromatic heterocycles. The van der Waals surface area contributed by atoms with Crippen molar-refractivity contribution in [2.24, 2.45) is 0 Å². The normalized spacial score (nSPS) is 9.89. The van der Waals surface area contributed by atoms with E-state index < -0.39 is 0 Å². The van der Waals surface area contributed by atoms with Crippen LogP contribution in [0.2, 0.25) is 0 Å². The van der Waals surface area contributed by atoms with E-state index in [9.17, 15) is 0 Å². The molecule has 1 aromatic rings. The van der Waals surface area contributed by atoms with Crippen LogP contribution in [-0.4, -0.2) is 15.1 Å². The molecule has 0 aliphatic rings. The Morgan fingerprint density at radius 2 is 1.56 bits per heavy atom. The highest BCUT2D eigenvalue weighted by Crippen LogP contribution is 2.18. The van der Waals surface area contributed by atoms with E-state index >= 15 is 0 Å². The lowest BCUT2D eigenvalue weighted by Crippen LogP contribution is -1.97. The van der Waals surface area contributed by atoms with Crippen molar-refractivity contribution in [3.8, 4) is 0 Å². The Labute approximate surface area is 59.1 Å². The number of benzene rings is 1. The fourth-order valence-electron chi connectivity index (χ4n) is 0.726. The van der Waals surface area contributed by atoms with E-state index in [-0.39, 0.29) is 7.68 Å². The summed E-state index contributed by atoms with van der Waals surface area (Å²) in [6.07, 6.45) is 0. The Kier molecular flexibility index (Phi) is 2.36. The zero-order valence-electron chi connectivity index (χ0n) is 5.83. The monoisotopic (exact) mass is 134 g/mol. The van der Waals surface area contributed by atoms with Gasteiger partial charge in [-0.15, -0.1) is 0 Å². The van der Waals surface area contributed by atoms with Crippen LogP contribution in [0.1, 0.15) is 0 Å². The minimum Gasteiger partial charge on any atom is -0.157 e. The Morgan fingerprint density at radius 1 is 1.00 bits per heavy atom. The highest BCUT2D eigenvalue weighted by Gasteiger charge is 1.92. The van der Waals surface area contributed by atoms with Gasteiger partial charge in [-0.25, -0.2) is 0 Å². The highest BCUT2D eigenvalue weighted by atomic mass is 31.1. The molecule has 0 heterocycles. The van der Waals surface area contributed by atoms with E-state index in [2.05, 4.69) is 45.5 Å². The number of hydrogen-bond donors (Lipinski definition) is 0. The predicted octanol–water partition coefficient (Wildman–Crippen LogP) is -0.110. The summed E-state index contributed by atoms with van der Waals surface area (Å²) in [6.45, 7) is 0. The van der Waals surface area contributed by atoms with Crippen molar-refractivity contribution in [1.29, 1.82) is 0 Å². The third kappa shape index (κ3) is 1.87. The zero-order valence-corrected chi connectivity index (χ0v) is 6.73. The molecule has 0 radical (unpaired) electrons. The maximum atomic E-state index is 2.27. The fraction of sp³-hybridized carbons (Fsp3) is 0. The van der Waals surface area contributed by atoms with Gasteiger partial charge in [-0.1, -0.05) is 30.3 Å². The Bertz CT molecular complexity index is 174. The van der Waals surface area contributed by atoms with E-state index in [0.717, 1.165) is 0 Å². The quantitative estimate of drug-likeness (QED) is 0.371. The Morgan fingerprint density at radius 3 is 1.89 bits per heavy atom. The topological polar surface area (TPSA) is 0 Å². The van der Waals surface area contributed by atoms with E-state index in [1.807, 2.05) is 0 Å². The summed E-state index contributed by atoms with van der Waals surface area (Å²) in [4.78, 5) is 0. The van der Waals surface area contributed by atoms with Crippen LogP contribution in [0.5, 0.6) is 0 Å². The summed E-state index contributed by atoms with van der Waals surface area (Å²) < 4.78 is 0. The molecule has 0 aliphatic carbocycles. The first-order valence-corrected chi connectivity index (χ1v) is 5.26. The smallest absolute Gasteiger partial charge is 0.128 e. The van der Waals surface area contributed by atoms with Crippen LogP contribution in [0.4, 0.5) is 0 Å². The molecule has 0 bridgehead atoms. The SMILES string of the molecule is BP(B)c1ccccc1. The van der Waals surface area contributed by atoms with Gasteiger partial charge in [-0.3, -0.25) is 0 Å². The molecule has 0 amide bonds.